The summed E-state index contributed by atoms with van der Waals surface area (Å²) in [4.78, 5) is 0. The molecule has 0 atom stereocenters. The van der Waals surface area contributed by atoms with Crippen molar-refractivity contribution in [1.29, 1.82) is 0 Å². The maximum absolute atomic E-state index is 5.85. The lowest BCUT2D eigenvalue weighted by molar-refractivity contribution is 0.831. The lowest BCUT2D eigenvalue weighted by Gasteiger charge is -2.03. The molecule has 0 amide bonds. The van der Waals surface area contributed by atoms with Gasteiger partial charge in [-0.15, -0.1) is 0 Å². The minimum absolute atomic E-state index is 0.834. The molecule has 1 heteroatoms. The summed E-state index contributed by atoms with van der Waals surface area (Å²) < 4.78 is 0. The summed E-state index contributed by atoms with van der Waals surface area (Å²) in [5, 5.41) is 0.834. The maximum atomic E-state index is 5.85. The van der Waals surface area contributed by atoms with Crippen LogP contribution in [0.15, 0.2) is 24.3 Å². The molecule has 12 heavy (non-hydrogen) atoms. The average molecular weight is 182 g/mol. The van der Waals surface area contributed by atoms with E-state index in [0.717, 1.165) is 17.9 Å². The lowest BCUT2D eigenvalue weighted by Crippen LogP contribution is -1.89. The van der Waals surface area contributed by atoms with Crippen LogP contribution in [0, 0.1) is 5.92 Å². The van der Waals surface area contributed by atoms with E-state index in [1.54, 1.807) is 0 Å². The van der Waals surface area contributed by atoms with Crippen molar-refractivity contribution in [3.05, 3.63) is 40.8 Å². The van der Waals surface area contributed by atoms with E-state index in [0.29, 0.717) is 0 Å². The minimum atomic E-state index is 0.834. The fourth-order valence-corrected chi connectivity index (χ4v) is 1.30. The zero-order valence-electron chi connectivity index (χ0n) is 7.60. The van der Waals surface area contributed by atoms with E-state index >= 15 is 0 Å². The highest BCUT2D eigenvalue weighted by Gasteiger charge is 1.97. The molecule has 0 spiro atoms. The number of hydrogen-bond donors (Lipinski definition) is 0. The van der Waals surface area contributed by atoms with Gasteiger partial charge in [0.15, 0.2) is 0 Å². The van der Waals surface area contributed by atoms with Crippen LogP contribution in [-0.2, 0) is 6.42 Å². The quantitative estimate of drug-likeness (QED) is 0.664. The fraction of sp³-hybridized carbons (Fsp3) is 0.364. The largest absolute Gasteiger partial charge is 0.0843 e. The maximum Gasteiger partial charge on any atom is 0.0408 e. The SMILES string of the molecule is C[C](C)CCc1cccc(Cl)c1. The molecule has 1 aromatic rings. The van der Waals surface area contributed by atoms with Gasteiger partial charge in [-0.3, -0.25) is 0 Å². The predicted molar refractivity (Wildman–Crippen MR) is 54.4 cm³/mol. The first kappa shape index (κ1) is 9.60. The molecule has 1 rings (SSSR count). The summed E-state index contributed by atoms with van der Waals surface area (Å²) >= 11 is 5.85. The molecule has 0 aliphatic carbocycles. The summed E-state index contributed by atoms with van der Waals surface area (Å²) in [6, 6.07) is 8.07. The van der Waals surface area contributed by atoms with E-state index in [4.69, 9.17) is 11.6 Å². The molecular formula is C11H14Cl. The summed E-state index contributed by atoms with van der Waals surface area (Å²) in [6.07, 6.45) is 2.25. The Balaban J connectivity index is 2.52. The van der Waals surface area contributed by atoms with Gasteiger partial charge in [0.2, 0.25) is 0 Å². The average Bonchev–Trinajstić information content (AvgIpc) is 2.01. The van der Waals surface area contributed by atoms with Gasteiger partial charge in [0.05, 0.1) is 0 Å². The predicted octanol–water partition coefficient (Wildman–Crippen LogP) is 3.89. The van der Waals surface area contributed by atoms with E-state index in [1.807, 2.05) is 18.2 Å². The third kappa shape index (κ3) is 3.27. The fourth-order valence-electron chi connectivity index (χ4n) is 1.09. The van der Waals surface area contributed by atoms with Gasteiger partial charge in [0, 0.05) is 5.02 Å². The molecule has 1 radical (unpaired) electrons. The van der Waals surface area contributed by atoms with E-state index in [9.17, 15) is 0 Å². The van der Waals surface area contributed by atoms with Gasteiger partial charge < -0.3 is 0 Å². The lowest BCUT2D eigenvalue weighted by atomic mass is 10.0. The van der Waals surface area contributed by atoms with Crippen molar-refractivity contribution in [1.82, 2.24) is 0 Å². The molecule has 0 saturated heterocycles. The second-order valence-electron chi connectivity index (χ2n) is 3.34. The second-order valence-corrected chi connectivity index (χ2v) is 3.77. The summed E-state index contributed by atoms with van der Waals surface area (Å²) in [5.74, 6) is 1.47. The van der Waals surface area contributed by atoms with Crippen LogP contribution in [0.1, 0.15) is 25.8 Å². The summed E-state index contributed by atoms with van der Waals surface area (Å²) in [7, 11) is 0. The monoisotopic (exact) mass is 181 g/mol. The molecular weight excluding hydrogens is 168 g/mol. The Hall–Kier alpha value is -0.490. The number of halogens is 1. The van der Waals surface area contributed by atoms with Crippen molar-refractivity contribution in [2.24, 2.45) is 0 Å². The van der Waals surface area contributed by atoms with Crippen LogP contribution in [0.4, 0.5) is 0 Å². The van der Waals surface area contributed by atoms with Crippen LogP contribution in [0.25, 0.3) is 0 Å². The summed E-state index contributed by atoms with van der Waals surface area (Å²) in [5.41, 5.74) is 1.32. The van der Waals surface area contributed by atoms with E-state index in [-0.39, 0.29) is 0 Å². The minimum Gasteiger partial charge on any atom is -0.0843 e. The van der Waals surface area contributed by atoms with Crippen molar-refractivity contribution in [3.63, 3.8) is 0 Å². The topological polar surface area (TPSA) is 0 Å². The molecule has 0 N–H and O–H groups in total. The van der Waals surface area contributed by atoms with Crippen LogP contribution in [0.2, 0.25) is 5.02 Å². The van der Waals surface area contributed by atoms with Crippen molar-refractivity contribution in [3.8, 4) is 0 Å². The molecule has 0 aromatic heterocycles. The van der Waals surface area contributed by atoms with Gasteiger partial charge in [0.1, 0.15) is 0 Å². The third-order valence-electron chi connectivity index (χ3n) is 1.80. The van der Waals surface area contributed by atoms with Crippen LogP contribution < -0.4 is 0 Å². The first-order valence-corrected chi connectivity index (χ1v) is 4.60. The van der Waals surface area contributed by atoms with Gasteiger partial charge in [-0.1, -0.05) is 37.6 Å². The molecule has 0 bridgehead atoms. The third-order valence-corrected chi connectivity index (χ3v) is 2.04. The van der Waals surface area contributed by atoms with Gasteiger partial charge >= 0.3 is 0 Å². The molecule has 65 valence electrons. The molecule has 0 fully saturated rings. The van der Waals surface area contributed by atoms with Crippen LogP contribution >= 0.6 is 11.6 Å². The van der Waals surface area contributed by atoms with Crippen molar-refractivity contribution >= 4 is 11.6 Å². The van der Waals surface area contributed by atoms with Crippen molar-refractivity contribution in [2.75, 3.05) is 0 Å². The molecule has 0 heterocycles. The van der Waals surface area contributed by atoms with E-state index in [1.165, 1.54) is 11.5 Å². The highest BCUT2D eigenvalue weighted by Crippen LogP contribution is 2.14. The Morgan fingerprint density at radius 2 is 2.08 bits per heavy atom. The Bertz CT molecular complexity index is 241. The number of benzene rings is 1. The van der Waals surface area contributed by atoms with Gasteiger partial charge in [-0.2, -0.15) is 0 Å². The van der Waals surface area contributed by atoms with Gasteiger partial charge in [-0.25, -0.2) is 0 Å². The number of aryl methyl sites for hydroxylation is 1. The smallest absolute Gasteiger partial charge is 0.0408 e. The highest BCUT2D eigenvalue weighted by molar-refractivity contribution is 6.30. The molecule has 0 aliphatic rings. The first-order valence-electron chi connectivity index (χ1n) is 4.22. The molecule has 0 saturated carbocycles. The zero-order chi connectivity index (χ0) is 8.97. The van der Waals surface area contributed by atoms with Crippen molar-refractivity contribution < 1.29 is 0 Å². The van der Waals surface area contributed by atoms with E-state index in [2.05, 4.69) is 19.9 Å². The number of rotatable bonds is 3. The Labute approximate surface area is 79.6 Å². The van der Waals surface area contributed by atoms with E-state index < -0.39 is 0 Å². The van der Waals surface area contributed by atoms with Crippen molar-refractivity contribution in [2.45, 2.75) is 26.7 Å². The Kier molecular flexibility index (Phi) is 3.61. The molecule has 0 unspecified atom stereocenters. The van der Waals surface area contributed by atoms with Crippen LogP contribution in [0.3, 0.4) is 0 Å². The summed E-state index contributed by atoms with van der Waals surface area (Å²) in [6.45, 7) is 4.31. The Morgan fingerprint density at radius 3 is 2.67 bits per heavy atom. The standard InChI is InChI=1S/C11H14Cl/c1-9(2)6-7-10-4-3-5-11(12)8-10/h3-5,8H,6-7H2,1-2H3. The van der Waals surface area contributed by atoms with Gasteiger partial charge in [-0.05, 0) is 36.5 Å². The normalized spacial score (nSPS) is 10.7. The number of hydrogen-bond acceptors (Lipinski definition) is 0. The van der Waals surface area contributed by atoms with Crippen LogP contribution in [-0.4, -0.2) is 0 Å². The highest BCUT2D eigenvalue weighted by atomic mass is 35.5. The van der Waals surface area contributed by atoms with Gasteiger partial charge in [0.25, 0.3) is 0 Å². The second kappa shape index (κ2) is 4.51. The molecule has 0 aliphatic heterocycles. The first-order chi connectivity index (χ1) is 5.68. The molecule has 1 aromatic carbocycles. The van der Waals surface area contributed by atoms with Crippen LogP contribution in [0.5, 0.6) is 0 Å². The zero-order valence-corrected chi connectivity index (χ0v) is 8.36. The molecule has 0 nitrogen and oxygen atoms in total. The Morgan fingerprint density at radius 1 is 1.33 bits per heavy atom.